The molecule has 1 aromatic carbocycles. The van der Waals surface area contributed by atoms with Gasteiger partial charge in [-0.3, -0.25) is 0 Å². The van der Waals surface area contributed by atoms with Crippen molar-refractivity contribution >= 4 is 29.0 Å². The van der Waals surface area contributed by atoms with Gasteiger partial charge in [-0.05, 0) is 29.8 Å². The summed E-state index contributed by atoms with van der Waals surface area (Å²) in [6.45, 7) is 4.28. The highest BCUT2D eigenvalue weighted by molar-refractivity contribution is 7.78. The average Bonchev–Trinajstić information content (AvgIpc) is 2.06. The molecule has 70 valence electrons. The van der Waals surface area contributed by atoms with Crippen molar-refractivity contribution in [3.63, 3.8) is 0 Å². The van der Waals surface area contributed by atoms with Crippen LogP contribution in [0.15, 0.2) is 24.3 Å². The quantitative estimate of drug-likeness (QED) is 0.551. The number of rotatable bonds is 1. The summed E-state index contributed by atoms with van der Waals surface area (Å²) in [4.78, 5) is 0. The molecule has 0 saturated carbocycles. The van der Waals surface area contributed by atoms with Gasteiger partial charge in [0.25, 0.3) is 0 Å². The van der Waals surface area contributed by atoms with Crippen molar-refractivity contribution in [1.29, 1.82) is 5.41 Å². The Labute approximate surface area is 89.2 Å². The van der Waals surface area contributed by atoms with E-state index in [1.165, 1.54) is 5.56 Å². The van der Waals surface area contributed by atoms with Crippen molar-refractivity contribution in [2.75, 3.05) is 0 Å². The standard InChI is InChI=1S/C9H11Cl.CHNS/c1-7(2)8-5-3-4-6-9(8)10;2-1-3/h3-7H,1-2H3;2H. The molecule has 0 spiro atoms. The van der Waals surface area contributed by atoms with Crippen LogP contribution in [-0.4, -0.2) is 5.16 Å². The minimum Gasteiger partial charge on any atom is -0.248 e. The molecule has 1 aromatic rings. The lowest BCUT2D eigenvalue weighted by Crippen LogP contribution is -1.86. The normalized spacial score (nSPS) is 8.62. The summed E-state index contributed by atoms with van der Waals surface area (Å²) in [7, 11) is 0. The molecule has 0 heterocycles. The van der Waals surface area contributed by atoms with Gasteiger partial charge in [-0.15, -0.1) is 0 Å². The second kappa shape index (κ2) is 6.79. The zero-order chi connectivity index (χ0) is 10.3. The highest BCUT2D eigenvalue weighted by atomic mass is 35.5. The second-order valence-electron chi connectivity index (χ2n) is 2.78. The molecule has 1 nitrogen and oxygen atoms in total. The van der Waals surface area contributed by atoms with E-state index in [0.717, 1.165) is 5.02 Å². The first-order valence-corrected chi connectivity index (χ1v) is 4.70. The van der Waals surface area contributed by atoms with Crippen molar-refractivity contribution in [1.82, 2.24) is 0 Å². The maximum atomic E-state index is 5.92. The first-order valence-electron chi connectivity index (χ1n) is 3.91. The summed E-state index contributed by atoms with van der Waals surface area (Å²) in [5.41, 5.74) is 1.23. The SMILES string of the molecule is CC(C)c1ccccc1Cl.N=C=S. The van der Waals surface area contributed by atoms with Crippen LogP contribution in [0.25, 0.3) is 0 Å². The van der Waals surface area contributed by atoms with Crippen molar-refractivity contribution < 1.29 is 0 Å². The van der Waals surface area contributed by atoms with Gasteiger partial charge < -0.3 is 0 Å². The van der Waals surface area contributed by atoms with E-state index in [0.29, 0.717) is 5.92 Å². The van der Waals surface area contributed by atoms with Crippen LogP contribution in [0.1, 0.15) is 25.3 Å². The molecule has 1 rings (SSSR count). The molecular weight excluding hydrogens is 202 g/mol. The summed E-state index contributed by atoms with van der Waals surface area (Å²) >= 11 is 9.73. The lowest BCUT2D eigenvalue weighted by atomic mass is 10.0. The average molecular weight is 214 g/mol. The van der Waals surface area contributed by atoms with Gasteiger partial charge in [0.15, 0.2) is 0 Å². The van der Waals surface area contributed by atoms with Gasteiger partial charge >= 0.3 is 0 Å². The Kier molecular flexibility index (Phi) is 6.43. The Bertz CT molecular complexity index is 291. The largest absolute Gasteiger partial charge is 0.248 e. The Morgan fingerprint density at radius 2 is 1.85 bits per heavy atom. The van der Waals surface area contributed by atoms with Crippen LogP contribution in [0.2, 0.25) is 5.02 Å². The predicted molar refractivity (Wildman–Crippen MR) is 60.9 cm³/mol. The van der Waals surface area contributed by atoms with E-state index >= 15 is 0 Å². The van der Waals surface area contributed by atoms with Crippen LogP contribution >= 0.6 is 23.8 Å². The van der Waals surface area contributed by atoms with Crippen molar-refractivity contribution in [3.05, 3.63) is 34.9 Å². The van der Waals surface area contributed by atoms with Gasteiger partial charge in [-0.2, -0.15) is 0 Å². The van der Waals surface area contributed by atoms with E-state index in [2.05, 4.69) is 32.1 Å². The van der Waals surface area contributed by atoms with E-state index < -0.39 is 0 Å². The molecule has 3 heteroatoms. The fraction of sp³-hybridized carbons (Fsp3) is 0.300. The third-order valence-corrected chi connectivity index (χ3v) is 1.87. The molecular formula is C10H12ClNS. The Morgan fingerprint density at radius 3 is 2.15 bits per heavy atom. The highest BCUT2D eigenvalue weighted by Gasteiger charge is 2.01. The van der Waals surface area contributed by atoms with Gasteiger partial charge in [-0.25, -0.2) is 5.41 Å². The van der Waals surface area contributed by atoms with Gasteiger partial charge in [0.2, 0.25) is 0 Å². The van der Waals surface area contributed by atoms with Crippen LogP contribution in [0.5, 0.6) is 0 Å². The molecule has 0 atom stereocenters. The molecule has 0 radical (unpaired) electrons. The van der Waals surface area contributed by atoms with Crippen LogP contribution in [0, 0.1) is 5.41 Å². The molecule has 0 amide bonds. The van der Waals surface area contributed by atoms with E-state index in [-0.39, 0.29) is 0 Å². The number of isothiocyanates is 1. The third kappa shape index (κ3) is 4.79. The summed E-state index contributed by atoms with van der Waals surface area (Å²) in [6.07, 6.45) is 0. The Balaban J connectivity index is 0.000000424. The zero-order valence-corrected chi connectivity index (χ0v) is 9.25. The minimum absolute atomic E-state index is 0.522. The van der Waals surface area contributed by atoms with Gasteiger partial charge in [0, 0.05) is 5.02 Å². The van der Waals surface area contributed by atoms with E-state index in [4.69, 9.17) is 17.0 Å². The summed E-state index contributed by atoms with van der Waals surface area (Å²) in [5, 5.41) is 8.23. The molecule has 0 saturated heterocycles. The number of hydrogen-bond acceptors (Lipinski definition) is 2. The number of benzene rings is 1. The highest BCUT2D eigenvalue weighted by Crippen LogP contribution is 2.22. The van der Waals surface area contributed by atoms with Gasteiger partial charge in [0.1, 0.15) is 0 Å². The Hall–Kier alpha value is -0.690. The fourth-order valence-electron chi connectivity index (χ4n) is 0.943. The maximum absolute atomic E-state index is 5.92. The van der Waals surface area contributed by atoms with Crippen LogP contribution in [0.3, 0.4) is 0 Å². The van der Waals surface area contributed by atoms with Crippen molar-refractivity contribution in [3.8, 4) is 0 Å². The number of nitrogens with one attached hydrogen (secondary N) is 1. The lowest BCUT2D eigenvalue weighted by molar-refractivity contribution is 0.867. The number of halogens is 1. The smallest absolute Gasteiger partial charge is 0.0554 e. The monoisotopic (exact) mass is 213 g/mol. The predicted octanol–water partition coefficient (Wildman–Crippen LogP) is 4.13. The number of thiocarbonyl (C=S) groups is 1. The minimum atomic E-state index is 0.522. The molecule has 0 aliphatic rings. The zero-order valence-electron chi connectivity index (χ0n) is 7.67. The maximum Gasteiger partial charge on any atom is 0.0554 e. The lowest BCUT2D eigenvalue weighted by Gasteiger charge is -2.05. The molecule has 0 bridgehead atoms. The van der Waals surface area contributed by atoms with Gasteiger partial charge in [0.05, 0.1) is 5.16 Å². The van der Waals surface area contributed by atoms with E-state index in [1.807, 2.05) is 18.2 Å². The first kappa shape index (κ1) is 12.3. The summed E-state index contributed by atoms with van der Waals surface area (Å²) in [5.74, 6) is 0.522. The molecule has 0 aromatic heterocycles. The van der Waals surface area contributed by atoms with E-state index in [9.17, 15) is 0 Å². The van der Waals surface area contributed by atoms with E-state index in [1.54, 1.807) is 5.16 Å². The third-order valence-electron chi connectivity index (χ3n) is 1.53. The van der Waals surface area contributed by atoms with Crippen molar-refractivity contribution in [2.45, 2.75) is 19.8 Å². The Morgan fingerprint density at radius 1 is 1.38 bits per heavy atom. The van der Waals surface area contributed by atoms with Crippen molar-refractivity contribution in [2.24, 2.45) is 0 Å². The molecule has 0 aliphatic carbocycles. The molecule has 0 fully saturated rings. The second-order valence-corrected chi connectivity index (χ2v) is 3.39. The summed E-state index contributed by atoms with van der Waals surface area (Å²) in [6, 6.07) is 7.96. The molecule has 13 heavy (non-hydrogen) atoms. The molecule has 0 unspecified atom stereocenters. The molecule has 1 N–H and O–H groups in total. The first-order chi connectivity index (χ1) is 6.13. The van der Waals surface area contributed by atoms with Crippen LogP contribution in [-0.2, 0) is 0 Å². The number of hydrogen-bond donors (Lipinski definition) is 1. The topological polar surface area (TPSA) is 23.9 Å². The fourth-order valence-corrected chi connectivity index (χ4v) is 1.30. The van der Waals surface area contributed by atoms with Crippen LogP contribution in [0.4, 0.5) is 0 Å². The summed E-state index contributed by atoms with van der Waals surface area (Å²) < 4.78 is 0. The molecule has 0 aliphatic heterocycles. The van der Waals surface area contributed by atoms with Crippen LogP contribution < -0.4 is 0 Å². The van der Waals surface area contributed by atoms with Gasteiger partial charge in [-0.1, -0.05) is 43.6 Å².